The van der Waals surface area contributed by atoms with Crippen LogP contribution in [0.15, 0.2) is 29.3 Å². The smallest absolute Gasteiger partial charge is 0.262 e. The zero-order chi connectivity index (χ0) is 21.8. The van der Waals surface area contributed by atoms with Gasteiger partial charge >= 0.3 is 0 Å². The minimum absolute atomic E-state index is 0.0860. The van der Waals surface area contributed by atoms with Crippen molar-refractivity contribution in [2.24, 2.45) is 4.99 Å². The Bertz CT molecular complexity index is 858. The van der Waals surface area contributed by atoms with Gasteiger partial charge in [-0.05, 0) is 70.1 Å². The van der Waals surface area contributed by atoms with E-state index in [1.807, 2.05) is 0 Å². The zero-order valence-corrected chi connectivity index (χ0v) is 18.6. The van der Waals surface area contributed by atoms with Gasteiger partial charge in [0.05, 0.1) is 0 Å². The molecule has 1 unspecified atom stereocenters. The maximum absolute atomic E-state index is 12.5. The van der Waals surface area contributed by atoms with Crippen molar-refractivity contribution in [3.05, 3.63) is 29.8 Å². The van der Waals surface area contributed by atoms with E-state index in [1.54, 1.807) is 24.3 Å². The van der Waals surface area contributed by atoms with Gasteiger partial charge in [0.15, 0.2) is 5.17 Å². The molecule has 8 nitrogen and oxygen atoms in total. The molecule has 1 atom stereocenters. The van der Waals surface area contributed by atoms with Gasteiger partial charge in [-0.2, -0.15) is 4.99 Å². The highest BCUT2D eigenvalue weighted by Gasteiger charge is 2.33. The summed E-state index contributed by atoms with van der Waals surface area (Å²) in [7, 11) is 2.09. The van der Waals surface area contributed by atoms with Crippen LogP contribution in [0.25, 0.3) is 0 Å². The summed E-state index contributed by atoms with van der Waals surface area (Å²) in [5.41, 5.74) is 1.18. The number of carbonyl (C=O) groups is 3. The number of nitrogens with one attached hydrogen (secondary N) is 2. The lowest BCUT2D eigenvalue weighted by atomic mass is 10.0. The molecule has 0 saturated carbocycles. The van der Waals surface area contributed by atoms with E-state index in [2.05, 4.69) is 32.5 Å². The number of thioether (sulfide) groups is 1. The summed E-state index contributed by atoms with van der Waals surface area (Å²) in [5, 5.41) is 6.19. The number of anilines is 1. The Morgan fingerprint density at radius 2 is 1.77 bits per heavy atom. The summed E-state index contributed by atoms with van der Waals surface area (Å²) in [4.78, 5) is 45.6. The third kappa shape index (κ3) is 5.65. The van der Waals surface area contributed by atoms with Gasteiger partial charge in [-0.1, -0.05) is 11.8 Å². The van der Waals surface area contributed by atoms with Crippen molar-refractivity contribution in [2.75, 3.05) is 38.5 Å². The number of carbonyl (C=O) groups excluding carboxylic acids is 3. The van der Waals surface area contributed by atoms with Crippen LogP contribution in [-0.4, -0.2) is 77.2 Å². The van der Waals surface area contributed by atoms with Gasteiger partial charge in [0.2, 0.25) is 5.91 Å². The van der Waals surface area contributed by atoms with Crippen molar-refractivity contribution in [3.63, 3.8) is 0 Å². The second-order valence-corrected chi connectivity index (χ2v) is 9.58. The summed E-state index contributed by atoms with van der Waals surface area (Å²) < 4.78 is 0. The highest BCUT2D eigenvalue weighted by Crippen LogP contribution is 2.29. The summed E-state index contributed by atoms with van der Waals surface area (Å²) in [5.74, 6) is -0.554. The van der Waals surface area contributed by atoms with Gasteiger partial charge in [0.1, 0.15) is 5.25 Å². The van der Waals surface area contributed by atoms with Gasteiger partial charge < -0.3 is 20.4 Å². The lowest BCUT2D eigenvalue weighted by molar-refractivity contribution is -0.121. The fraction of sp³-hybridized carbons (Fsp3) is 0.545. The fourth-order valence-corrected chi connectivity index (χ4v) is 5.18. The van der Waals surface area contributed by atoms with Crippen LogP contribution in [0.1, 0.15) is 42.5 Å². The van der Waals surface area contributed by atoms with Crippen LogP contribution in [0.4, 0.5) is 5.69 Å². The Balaban J connectivity index is 1.24. The fourth-order valence-electron chi connectivity index (χ4n) is 4.06. The third-order valence-corrected chi connectivity index (χ3v) is 7.17. The van der Waals surface area contributed by atoms with E-state index in [1.165, 1.54) is 11.8 Å². The van der Waals surface area contributed by atoms with Crippen molar-refractivity contribution in [3.8, 4) is 0 Å². The first kappa shape index (κ1) is 21.8. The zero-order valence-electron chi connectivity index (χ0n) is 17.8. The Morgan fingerprint density at radius 3 is 2.45 bits per heavy atom. The molecule has 31 heavy (non-hydrogen) atoms. The second kappa shape index (κ2) is 9.82. The molecule has 3 aliphatic rings. The summed E-state index contributed by atoms with van der Waals surface area (Å²) in [6.45, 7) is 3.83. The van der Waals surface area contributed by atoms with E-state index >= 15 is 0 Å². The Hall–Kier alpha value is -2.39. The van der Waals surface area contributed by atoms with Gasteiger partial charge in [-0.25, -0.2) is 0 Å². The van der Waals surface area contributed by atoms with E-state index in [9.17, 15) is 14.4 Å². The molecule has 0 spiro atoms. The second-order valence-electron chi connectivity index (χ2n) is 8.41. The van der Waals surface area contributed by atoms with Crippen LogP contribution >= 0.6 is 11.8 Å². The topological polar surface area (TPSA) is 94.1 Å². The summed E-state index contributed by atoms with van der Waals surface area (Å²) >= 11 is 1.39. The number of hydrogen-bond acceptors (Lipinski definition) is 6. The number of nitrogens with zero attached hydrogens (tertiary/aromatic N) is 3. The molecule has 0 bridgehead atoms. The van der Waals surface area contributed by atoms with Gasteiger partial charge in [0.25, 0.3) is 11.8 Å². The van der Waals surface area contributed by atoms with Crippen molar-refractivity contribution < 1.29 is 14.4 Å². The van der Waals surface area contributed by atoms with Crippen molar-refractivity contribution in [1.82, 2.24) is 15.1 Å². The number of hydrogen-bond donors (Lipinski definition) is 2. The molecule has 4 rings (SSSR count). The maximum Gasteiger partial charge on any atom is 0.262 e. The number of likely N-dealkylation sites (tertiary alicyclic amines) is 2. The monoisotopic (exact) mass is 443 g/mol. The molecule has 9 heteroatoms. The highest BCUT2D eigenvalue weighted by molar-refractivity contribution is 8.15. The minimum atomic E-state index is -0.463. The van der Waals surface area contributed by atoms with Crippen LogP contribution in [-0.2, 0) is 9.59 Å². The van der Waals surface area contributed by atoms with Gasteiger partial charge in [-0.3, -0.25) is 14.4 Å². The van der Waals surface area contributed by atoms with Crippen LogP contribution in [0.2, 0.25) is 0 Å². The van der Waals surface area contributed by atoms with E-state index in [-0.39, 0.29) is 30.2 Å². The molecular weight excluding hydrogens is 414 g/mol. The Kier molecular flexibility index (Phi) is 6.92. The molecule has 2 saturated heterocycles. The Labute approximate surface area is 186 Å². The van der Waals surface area contributed by atoms with Crippen LogP contribution in [0, 0.1) is 0 Å². The van der Waals surface area contributed by atoms with E-state index in [0.29, 0.717) is 11.3 Å². The summed E-state index contributed by atoms with van der Waals surface area (Å²) in [6, 6.07) is 7.07. The molecule has 2 fully saturated rings. The standard InChI is InChI=1S/C22H29N5O3S/c1-26-12-8-17(9-13-26)24-20(29)15-4-6-16(7-5-15)23-19(28)14-18-21(30)25-22(31-18)27-10-2-3-11-27/h4-7,17-18H,2-3,8-14H2,1H3,(H,23,28)(H,24,29). The third-order valence-electron chi connectivity index (χ3n) is 5.96. The number of amidine groups is 1. The van der Waals surface area contributed by atoms with Crippen LogP contribution < -0.4 is 10.6 Å². The largest absolute Gasteiger partial charge is 0.351 e. The average Bonchev–Trinajstić information content (AvgIpc) is 3.40. The number of amides is 3. The highest BCUT2D eigenvalue weighted by atomic mass is 32.2. The van der Waals surface area contributed by atoms with Gasteiger partial charge in [-0.15, -0.1) is 0 Å². The maximum atomic E-state index is 12.5. The molecule has 0 aromatic heterocycles. The quantitative estimate of drug-likeness (QED) is 0.722. The lowest BCUT2D eigenvalue weighted by Crippen LogP contribution is -2.43. The first-order valence-electron chi connectivity index (χ1n) is 10.9. The molecule has 3 aliphatic heterocycles. The number of aliphatic imine (C=N–C) groups is 1. The lowest BCUT2D eigenvalue weighted by Gasteiger charge is -2.29. The summed E-state index contributed by atoms with van der Waals surface area (Å²) in [6.07, 6.45) is 4.23. The first-order chi connectivity index (χ1) is 15.0. The molecule has 0 aliphatic carbocycles. The number of piperidine rings is 1. The predicted molar refractivity (Wildman–Crippen MR) is 122 cm³/mol. The SMILES string of the molecule is CN1CCC(NC(=O)c2ccc(NC(=O)CC3SC(N4CCCC4)=NC3=O)cc2)CC1. The predicted octanol–water partition coefficient (Wildman–Crippen LogP) is 1.93. The van der Waals surface area contributed by atoms with Crippen molar-refractivity contribution in [2.45, 2.75) is 43.4 Å². The van der Waals surface area contributed by atoms with Crippen molar-refractivity contribution in [1.29, 1.82) is 0 Å². The molecule has 2 N–H and O–H groups in total. The molecule has 1 aromatic carbocycles. The molecule has 0 radical (unpaired) electrons. The molecule has 166 valence electrons. The van der Waals surface area contributed by atoms with E-state index in [4.69, 9.17) is 0 Å². The van der Waals surface area contributed by atoms with Gasteiger partial charge in [0, 0.05) is 36.8 Å². The molecule has 3 heterocycles. The molecule has 3 amide bonds. The van der Waals surface area contributed by atoms with E-state index in [0.717, 1.165) is 57.0 Å². The van der Waals surface area contributed by atoms with E-state index < -0.39 is 5.25 Å². The average molecular weight is 444 g/mol. The molecular formula is C22H29N5O3S. The van der Waals surface area contributed by atoms with Crippen LogP contribution in [0.3, 0.4) is 0 Å². The number of benzene rings is 1. The minimum Gasteiger partial charge on any atom is -0.351 e. The number of rotatable bonds is 5. The van der Waals surface area contributed by atoms with Crippen LogP contribution in [0.5, 0.6) is 0 Å². The Morgan fingerprint density at radius 1 is 1.10 bits per heavy atom. The first-order valence-corrected chi connectivity index (χ1v) is 11.8. The van der Waals surface area contributed by atoms with Crippen molar-refractivity contribution >= 4 is 40.3 Å². The normalized spacial score (nSPS) is 22.5. The molecule has 1 aromatic rings.